The van der Waals surface area contributed by atoms with Crippen molar-refractivity contribution in [3.63, 3.8) is 0 Å². The van der Waals surface area contributed by atoms with Crippen LogP contribution in [0, 0.1) is 29.3 Å². The number of fused-ring (bicyclic) bond motifs is 2. The molecule has 4 atom stereocenters. The number of sulfone groups is 1. The molecule has 2 saturated carbocycles. The van der Waals surface area contributed by atoms with Crippen LogP contribution in [0.15, 0.2) is 35.2 Å². The highest BCUT2D eigenvalue weighted by molar-refractivity contribution is 7.92. The minimum atomic E-state index is -3.92. The third-order valence-corrected chi connectivity index (χ3v) is 9.22. The number of anilines is 1. The number of rotatable bonds is 4. The van der Waals surface area contributed by atoms with Crippen LogP contribution in [0.1, 0.15) is 43.0 Å². The van der Waals surface area contributed by atoms with Gasteiger partial charge in [-0.15, -0.1) is 0 Å². The smallest absolute Gasteiger partial charge is 0.255 e. The lowest BCUT2D eigenvalue weighted by atomic mass is 9.78. The van der Waals surface area contributed by atoms with E-state index in [4.69, 9.17) is 11.6 Å². The van der Waals surface area contributed by atoms with Crippen LogP contribution in [-0.4, -0.2) is 30.3 Å². The van der Waals surface area contributed by atoms with Gasteiger partial charge in [0.15, 0.2) is 27.3 Å². The summed E-state index contributed by atoms with van der Waals surface area (Å²) in [5.74, 6) is -5.87. The van der Waals surface area contributed by atoms with Crippen LogP contribution in [0.25, 0.3) is 0 Å². The van der Waals surface area contributed by atoms with Gasteiger partial charge in [-0.2, -0.15) is 0 Å². The molecule has 2 aromatic rings. The summed E-state index contributed by atoms with van der Waals surface area (Å²) in [5.41, 5.74) is -1.32. The predicted octanol–water partition coefficient (Wildman–Crippen LogP) is 4.72. The fourth-order valence-corrected chi connectivity index (χ4v) is 7.98. The standard InChI is InChI=1S/C22H21ClF3NO4S/c1-22(29)9-12-2-3-13(10-22)20(12)32(30,31)18-6-11(4-5-15(18)23)21(28)27-14-7-16(24)19(26)17(25)8-14/h4-8,12-13,20,29H,2-3,9-10H2,1H3,(H,27,28)/t12-,13?,20+,22-/m0/s1. The summed E-state index contributed by atoms with van der Waals surface area (Å²) in [5, 5.41) is 11.9. The molecule has 0 aromatic heterocycles. The predicted molar refractivity (Wildman–Crippen MR) is 113 cm³/mol. The Labute approximate surface area is 188 Å². The fourth-order valence-electron chi connectivity index (χ4n) is 5.14. The Morgan fingerprint density at radius 3 is 2.22 bits per heavy atom. The number of nitrogens with one attached hydrogen (secondary N) is 1. The Bertz CT molecular complexity index is 1160. The second-order valence-corrected chi connectivity index (χ2v) is 11.3. The summed E-state index contributed by atoms with van der Waals surface area (Å²) in [7, 11) is -3.92. The van der Waals surface area contributed by atoms with E-state index in [1.165, 1.54) is 12.1 Å². The number of amides is 1. The first-order valence-electron chi connectivity index (χ1n) is 10.1. The van der Waals surface area contributed by atoms with Gasteiger partial charge in [0.25, 0.3) is 5.91 Å². The number of carbonyl (C=O) groups excluding carboxylic acids is 1. The van der Waals surface area contributed by atoms with Crippen molar-refractivity contribution in [1.29, 1.82) is 0 Å². The molecular weight excluding hydrogens is 467 g/mol. The molecule has 5 nitrogen and oxygen atoms in total. The number of hydrogen-bond acceptors (Lipinski definition) is 4. The molecule has 1 unspecified atom stereocenters. The van der Waals surface area contributed by atoms with E-state index in [-0.39, 0.29) is 33.0 Å². The van der Waals surface area contributed by atoms with Gasteiger partial charge >= 0.3 is 0 Å². The molecule has 2 bridgehead atoms. The Balaban J connectivity index is 1.64. The lowest BCUT2D eigenvalue weighted by Gasteiger charge is -2.38. The van der Waals surface area contributed by atoms with Crippen LogP contribution < -0.4 is 5.32 Å². The molecule has 2 aliphatic carbocycles. The average Bonchev–Trinajstić information content (AvgIpc) is 2.99. The molecular formula is C22H21ClF3NO4S. The van der Waals surface area contributed by atoms with E-state index in [0.29, 0.717) is 37.8 Å². The lowest BCUT2D eigenvalue weighted by molar-refractivity contribution is -0.00176. The molecule has 0 heterocycles. The van der Waals surface area contributed by atoms with E-state index in [2.05, 4.69) is 5.32 Å². The van der Waals surface area contributed by atoms with Crippen molar-refractivity contribution in [2.75, 3.05) is 5.32 Å². The Morgan fingerprint density at radius 2 is 1.66 bits per heavy atom. The summed E-state index contributed by atoms with van der Waals surface area (Å²) in [6, 6.07) is 4.93. The Morgan fingerprint density at radius 1 is 1.09 bits per heavy atom. The van der Waals surface area contributed by atoms with Crippen molar-refractivity contribution in [2.24, 2.45) is 11.8 Å². The van der Waals surface area contributed by atoms with Crippen molar-refractivity contribution in [2.45, 2.75) is 48.4 Å². The molecule has 0 radical (unpaired) electrons. The van der Waals surface area contributed by atoms with Crippen LogP contribution in [0.2, 0.25) is 5.02 Å². The van der Waals surface area contributed by atoms with Gasteiger partial charge in [-0.25, -0.2) is 21.6 Å². The first-order valence-corrected chi connectivity index (χ1v) is 12.0. The zero-order valence-corrected chi connectivity index (χ0v) is 18.6. The molecule has 1 amide bonds. The zero-order valence-electron chi connectivity index (χ0n) is 17.0. The number of halogens is 4. The maximum atomic E-state index is 13.5. The van der Waals surface area contributed by atoms with Gasteiger partial charge in [-0.3, -0.25) is 4.79 Å². The number of benzene rings is 2. The lowest BCUT2D eigenvalue weighted by Crippen LogP contribution is -2.44. The monoisotopic (exact) mass is 487 g/mol. The van der Waals surface area contributed by atoms with Gasteiger partial charge in [0, 0.05) is 23.4 Å². The molecule has 2 fully saturated rings. The van der Waals surface area contributed by atoms with E-state index < -0.39 is 44.0 Å². The van der Waals surface area contributed by atoms with Gasteiger partial charge in [-0.05, 0) is 62.6 Å². The van der Waals surface area contributed by atoms with Crippen molar-refractivity contribution in [3.8, 4) is 0 Å². The summed E-state index contributed by atoms with van der Waals surface area (Å²) in [6.07, 6.45) is 2.11. The molecule has 2 N–H and O–H groups in total. The van der Waals surface area contributed by atoms with E-state index in [1.807, 2.05) is 0 Å². The first-order chi connectivity index (χ1) is 14.9. The zero-order chi connectivity index (χ0) is 23.4. The highest BCUT2D eigenvalue weighted by Crippen LogP contribution is 2.51. The normalized spacial score (nSPS) is 27.4. The maximum Gasteiger partial charge on any atom is 0.255 e. The Kier molecular flexibility index (Phi) is 5.80. The molecule has 0 saturated heterocycles. The second-order valence-electron chi connectivity index (χ2n) is 8.87. The van der Waals surface area contributed by atoms with Crippen molar-refractivity contribution in [3.05, 3.63) is 58.4 Å². The first kappa shape index (κ1) is 23.1. The van der Waals surface area contributed by atoms with Gasteiger partial charge in [-0.1, -0.05) is 11.6 Å². The van der Waals surface area contributed by atoms with E-state index in [9.17, 15) is 31.5 Å². The van der Waals surface area contributed by atoms with Gasteiger partial charge < -0.3 is 10.4 Å². The molecule has 0 spiro atoms. The van der Waals surface area contributed by atoms with Crippen LogP contribution in [0.5, 0.6) is 0 Å². The van der Waals surface area contributed by atoms with Gasteiger partial charge in [0.2, 0.25) is 0 Å². The fraction of sp³-hybridized carbons (Fsp3) is 0.409. The molecule has 10 heteroatoms. The van der Waals surface area contributed by atoms with E-state index >= 15 is 0 Å². The van der Waals surface area contributed by atoms with E-state index in [0.717, 1.165) is 6.07 Å². The molecule has 2 aromatic carbocycles. The number of hydrogen-bond donors (Lipinski definition) is 2. The Hall–Kier alpha value is -2.10. The topological polar surface area (TPSA) is 83.5 Å². The molecule has 4 rings (SSSR count). The minimum Gasteiger partial charge on any atom is -0.390 e. The van der Waals surface area contributed by atoms with Crippen molar-refractivity contribution < 1.29 is 31.5 Å². The second kappa shape index (κ2) is 8.04. The molecule has 172 valence electrons. The highest BCUT2D eigenvalue weighted by atomic mass is 35.5. The third-order valence-electron chi connectivity index (χ3n) is 6.34. The largest absolute Gasteiger partial charge is 0.390 e. The van der Waals surface area contributed by atoms with Crippen molar-refractivity contribution in [1.82, 2.24) is 0 Å². The number of carbonyl (C=O) groups is 1. The number of aliphatic hydroxyl groups is 1. The minimum absolute atomic E-state index is 0.0443. The van der Waals surface area contributed by atoms with Crippen LogP contribution in [0.4, 0.5) is 18.9 Å². The molecule has 32 heavy (non-hydrogen) atoms. The third kappa shape index (κ3) is 4.13. The summed E-state index contributed by atoms with van der Waals surface area (Å²) < 4.78 is 67.0. The SMILES string of the molecule is C[C@@]1(O)CC2CC[C@@H](C1)[C@H]2S(=O)(=O)c1cc(C(=O)Nc2cc(F)c(F)c(F)c2)ccc1Cl. The summed E-state index contributed by atoms with van der Waals surface area (Å²) in [6.45, 7) is 1.71. The molecule has 0 aliphatic heterocycles. The van der Waals surface area contributed by atoms with Gasteiger partial charge in [0.1, 0.15) is 0 Å². The quantitative estimate of drug-likeness (QED) is 0.611. The molecule has 2 aliphatic rings. The van der Waals surface area contributed by atoms with E-state index in [1.54, 1.807) is 6.92 Å². The van der Waals surface area contributed by atoms with Gasteiger partial charge in [0.05, 0.1) is 20.8 Å². The van der Waals surface area contributed by atoms with Crippen molar-refractivity contribution >= 4 is 33.0 Å². The summed E-state index contributed by atoms with van der Waals surface area (Å²) >= 11 is 6.19. The highest BCUT2D eigenvalue weighted by Gasteiger charge is 2.52. The maximum absolute atomic E-state index is 13.5. The van der Waals surface area contributed by atoms with Crippen LogP contribution >= 0.6 is 11.6 Å². The summed E-state index contributed by atoms with van der Waals surface area (Å²) in [4.78, 5) is 12.4. The van der Waals surface area contributed by atoms with Crippen LogP contribution in [0.3, 0.4) is 0 Å². The van der Waals surface area contributed by atoms with Crippen LogP contribution in [-0.2, 0) is 9.84 Å². The average molecular weight is 488 g/mol.